The molecule has 0 radical (unpaired) electrons. The molecule has 0 aliphatic carbocycles. The van der Waals surface area contributed by atoms with Crippen LogP contribution in [0.15, 0.2) is 0 Å². The van der Waals surface area contributed by atoms with Crippen molar-refractivity contribution in [3.63, 3.8) is 0 Å². The zero-order valence-corrected chi connectivity index (χ0v) is 13.0. The molecule has 2 atom stereocenters. The van der Waals surface area contributed by atoms with Crippen LogP contribution in [0.1, 0.15) is 25.7 Å². The van der Waals surface area contributed by atoms with Crippen LogP contribution in [-0.4, -0.2) is 55.4 Å². The van der Waals surface area contributed by atoms with Gasteiger partial charge in [0.1, 0.15) is 0 Å². The first kappa shape index (κ1) is 18.8. The molecule has 0 saturated carbocycles. The van der Waals surface area contributed by atoms with E-state index >= 15 is 0 Å². The predicted octanol–water partition coefficient (Wildman–Crippen LogP) is -2.91. The van der Waals surface area contributed by atoms with Crippen LogP contribution in [0, 0.1) is 5.41 Å². The van der Waals surface area contributed by atoms with Crippen molar-refractivity contribution in [2.75, 3.05) is 19.6 Å². The van der Waals surface area contributed by atoms with Crippen LogP contribution in [0.25, 0.3) is 0 Å². The third-order valence-electron chi connectivity index (χ3n) is 3.41. The van der Waals surface area contributed by atoms with Crippen LogP contribution in [0.5, 0.6) is 0 Å². The quantitative estimate of drug-likeness (QED) is 0.142. The molecule has 0 aromatic rings. The molecule has 10 heteroatoms. The molecular weight excluding hydrogens is 302 g/mol. The normalized spacial score (nSPS) is 18.0. The second-order valence-corrected chi connectivity index (χ2v) is 5.37. The number of nitrogens with one attached hydrogen (secondary N) is 5. The molecular formula is C13H25N7O3. The lowest BCUT2D eigenvalue weighted by atomic mass is 10.1. The van der Waals surface area contributed by atoms with Crippen LogP contribution in [0.4, 0.5) is 0 Å². The zero-order chi connectivity index (χ0) is 17.2. The van der Waals surface area contributed by atoms with E-state index in [1.54, 1.807) is 0 Å². The summed E-state index contributed by atoms with van der Waals surface area (Å²) in [4.78, 5) is 35.0. The molecule has 9 N–H and O–H groups in total. The maximum atomic E-state index is 11.7. The summed E-state index contributed by atoms with van der Waals surface area (Å²) in [6.45, 7) is 0.909. The molecule has 0 unspecified atom stereocenters. The minimum Gasteiger partial charge on any atom is -0.370 e. The standard InChI is InChI=1S/C13H25N7O3/c14-8(3-1-6-18-13(15)16)11(22)19-7-10(21)20-12(23)9-4-2-5-17-9/h8-9,17H,1-7,14H2,(H,19,22)(H4,15,16,18)(H,20,21,23)/t8-,9+/m0/s1. The first-order valence-electron chi connectivity index (χ1n) is 7.58. The van der Waals surface area contributed by atoms with Gasteiger partial charge in [0.15, 0.2) is 5.96 Å². The van der Waals surface area contributed by atoms with Crippen LogP contribution < -0.4 is 32.7 Å². The Morgan fingerprint density at radius 1 is 1.30 bits per heavy atom. The van der Waals surface area contributed by atoms with Crippen molar-refractivity contribution in [3.05, 3.63) is 0 Å². The third-order valence-corrected chi connectivity index (χ3v) is 3.41. The number of guanidine groups is 1. The maximum Gasteiger partial charge on any atom is 0.245 e. The van der Waals surface area contributed by atoms with Crippen molar-refractivity contribution >= 4 is 23.7 Å². The fourth-order valence-corrected chi connectivity index (χ4v) is 2.15. The van der Waals surface area contributed by atoms with E-state index < -0.39 is 17.9 Å². The Balaban J connectivity index is 2.16. The Bertz CT molecular complexity index is 449. The molecule has 1 saturated heterocycles. The lowest BCUT2D eigenvalue weighted by molar-refractivity contribution is -0.132. The van der Waals surface area contributed by atoms with Gasteiger partial charge in [0, 0.05) is 6.54 Å². The van der Waals surface area contributed by atoms with E-state index in [1.165, 1.54) is 0 Å². The fourth-order valence-electron chi connectivity index (χ4n) is 2.15. The SMILES string of the molecule is N=C(N)NCCC[C@H](N)C(=O)NCC(=O)NC(=O)[C@H]1CCCN1. The number of hydrogen-bond donors (Lipinski definition) is 7. The molecule has 1 fully saturated rings. The average Bonchev–Trinajstić information content (AvgIpc) is 3.03. The van der Waals surface area contributed by atoms with Gasteiger partial charge >= 0.3 is 0 Å². The molecule has 0 spiro atoms. The van der Waals surface area contributed by atoms with Gasteiger partial charge in [0.2, 0.25) is 17.7 Å². The summed E-state index contributed by atoms with van der Waals surface area (Å²) in [5, 5.41) is 17.2. The molecule has 10 nitrogen and oxygen atoms in total. The molecule has 3 amide bonds. The minimum absolute atomic E-state index is 0.138. The largest absolute Gasteiger partial charge is 0.370 e. The van der Waals surface area contributed by atoms with E-state index in [9.17, 15) is 14.4 Å². The van der Waals surface area contributed by atoms with Crippen molar-refractivity contribution in [1.82, 2.24) is 21.3 Å². The van der Waals surface area contributed by atoms with Crippen molar-refractivity contribution in [1.29, 1.82) is 5.41 Å². The van der Waals surface area contributed by atoms with E-state index in [0.717, 1.165) is 13.0 Å². The van der Waals surface area contributed by atoms with Gasteiger partial charge in [-0.2, -0.15) is 0 Å². The Hall–Kier alpha value is -2.20. The number of hydrogen-bond acceptors (Lipinski definition) is 6. The zero-order valence-electron chi connectivity index (χ0n) is 13.0. The third kappa shape index (κ3) is 7.56. The molecule has 1 heterocycles. The topological polar surface area (TPSA) is 175 Å². The molecule has 130 valence electrons. The monoisotopic (exact) mass is 327 g/mol. The summed E-state index contributed by atoms with van der Waals surface area (Å²) in [5.41, 5.74) is 10.8. The van der Waals surface area contributed by atoms with E-state index in [-0.39, 0.29) is 24.5 Å². The van der Waals surface area contributed by atoms with Crippen LogP contribution in [0.3, 0.4) is 0 Å². The van der Waals surface area contributed by atoms with E-state index in [0.29, 0.717) is 25.8 Å². The highest BCUT2D eigenvalue weighted by molar-refractivity contribution is 5.99. The first-order valence-corrected chi connectivity index (χ1v) is 7.58. The summed E-state index contributed by atoms with van der Waals surface area (Å²) in [7, 11) is 0. The molecule has 23 heavy (non-hydrogen) atoms. The van der Waals surface area contributed by atoms with Gasteiger partial charge in [-0.15, -0.1) is 0 Å². The highest BCUT2D eigenvalue weighted by Crippen LogP contribution is 2.04. The number of rotatable bonds is 8. The van der Waals surface area contributed by atoms with Gasteiger partial charge < -0.3 is 27.4 Å². The van der Waals surface area contributed by atoms with E-state index in [2.05, 4.69) is 21.3 Å². The van der Waals surface area contributed by atoms with Gasteiger partial charge in [-0.05, 0) is 32.2 Å². The van der Waals surface area contributed by atoms with Crippen molar-refractivity contribution in [3.8, 4) is 0 Å². The molecule has 1 aliphatic heterocycles. The van der Waals surface area contributed by atoms with Gasteiger partial charge in [0.05, 0.1) is 18.6 Å². The van der Waals surface area contributed by atoms with Gasteiger partial charge in [-0.25, -0.2) is 0 Å². The van der Waals surface area contributed by atoms with Crippen LogP contribution in [0.2, 0.25) is 0 Å². The lowest BCUT2D eigenvalue weighted by Gasteiger charge is -2.13. The van der Waals surface area contributed by atoms with Gasteiger partial charge in [-0.3, -0.25) is 25.1 Å². The van der Waals surface area contributed by atoms with Crippen LogP contribution >= 0.6 is 0 Å². The summed E-state index contributed by atoms with van der Waals surface area (Å²) >= 11 is 0. The van der Waals surface area contributed by atoms with Gasteiger partial charge in [0.25, 0.3) is 0 Å². The Kier molecular flexibility index (Phi) is 7.98. The molecule has 0 aromatic heterocycles. The van der Waals surface area contributed by atoms with Gasteiger partial charge in [-0.1, -0.05) is 0 Å². The second-order valence-electron chi connectivity index (χ2n) is 5.37. The minimum atomic E-state index is -0.760. The Morgan fingerprint density at radius 2 is 2.04 bits per heavy atom. The highest BCUT2D eigenvalue weighted by Gasteiger charge is 2.23. The molecule has 1 rings (SSSR count). The Morgan fingerprint density at radius 3 is 2.65 bits per heavy atom. The number of carbonyl (C=O) groups excluding carboxylic acids is 3. The number of nitrogens with two attached hydrogens (primary N) is 2. The van der Waals surface area contributed by atoms with Crippen molar-refractivity contribution < 1.29 is 14.4 Å². The van der Waals surface area contributed by atoms with Crippen molar-refractivity contribution in [2.45, 2.75) is 37.8 Å². The second kappa shape index (κ2) is 9.74. The highest BCUT2D eigenvalue weighted by atomic mass is 16.2. The average molecular weight is 327 g/mol. The Labute approximate surface area is 134 Å². The number of imide groups is 1. The first-order chi connectivity index (χ1) is 10.9. The summed E-state index contributed by atoms with van der Waals surface area (Å²) in [6.07, 6.45) is 2.55. The van der Waals surface area contributed by atoms with E-state index in [4.69, 9.17) is 16.9 Å². The van der Waals surface area contributed by atoms with Crippen molar-refractivity contribution in [2.24, 2.45) is 11.5 Å². The fraction of sp³-hybridized carbons (Fsp3) is 0.692. The van der Waals surface area contributed by atoms with E-state index in [1.807, 2.05) is 0 Å². The summed E-state index contributed by atoms with van der Waals surface area (Å²) in [6, 6.07) is -1.10. The van der Waals surface area contributed by atoms with Crippen LogP contribution in [-0.2, 0) is 14.4 Å². The molecule has 0 bridgehead atoms. The lowest BCUT2D eigenvalue weighted by Crippen LogP contribution is -2.49. The molecule has 0 aromatic carbocycles. The smallest absolute Gasteiger partial charge is 0.245 e. The number of amides is 3. The maximum absolute atomic E-state index is 11.7. The predicted molar refractivity (Wildman–Crippen MR) is 84.3 cm³/mol. The summed E-state index contributed by atoms with van der Waals surface area (Å²) in [5.74, 6) is -1.54. The number of carbonyl (C=O) groups is 3. The molecule has 1 aliphatic rings. The summed E-state index contributed by atoms with van der Waals surface area (Å²) < 4.78 is 0.